The quantitative estimate of drug-likeness (QED) is 0.0831. The lowest BCUT2D eigenvalue weighted by Crippen LogP contribution is -2.30. The van der Waals surface area contributed by atoms with Crippen molar-refractivity contribution in [3.8, 4) is 5.75 Å². The molecule has 0 aliphatic heterocycles. The van der Waals surface area contributed by atoms with Gasteiger partial charge in [0, 0.05) is 21.5 Å². The van der Waals surface area contributed by atoms with Gasteiger partial charge in [-0.25, -0.2) is 4.98 Å². The van der Waals surface area contributed by atoms with Crippen LogP contribution in [0.2, 0.25) is 0 Å². The third-order valence-corrected chi connectivity index (χ3v) is 8.54. The highest BCUT2D eigenvalue weighted by Crippen LogP contribution is 2.29. The van der Waals surface area contributed by atoms with Crippen LogP contribution in [0.3, 0.4) is 0 Å². The van der Waals surface area contributed by atoms with E-state index in [1.165, 1.54) is 23.1 Å². The van der Waals surface area contributed by atoms with E-state index < -0.39 is 17.1 Å². The van der Waals surface area contributed by atoms with E-state index in [2.05, 4.69) is 20.9 Å². The number of carbonyl (C=O) groups excluding carboxylic acids is 4. The molecule has 0 saturated heterocycles. The molecule has 0 aliphatic rings. The molecule has 1 atom stereocenters. The fraction of sp³-hybridized carbons (Fsp3) is 0.206. The Bertz CT molecular complexity index is 1710. The summed E-state index contributed by atoms with van der Waals surface area (Å²) < 4.78 is 10.3. The van der Waals surface area contributed by atoms with Crippen LogP contribution in [0.4, 0.5) is 10.8 Å². The third-order valence-electron chi connectivity index (χ3n) is 6.38. The van der Waals surface area contributed by atoms with Crippen molar-refractivity contribution in [1.82, 2.24) is 10.3 Å². The zero-order chi connectivity index (χ0) is 32.9. The molecule has 1 aromatic heterocycles. The first-order valence-corrected chi connectivity index (χ1v) is 16.2. The maximum Gasteiger partial charge on any atom is 0.311 e. The number of thiazole rings is 1. The van der Waals surface area contributed by atoms with Crippen LogP contribution in [-0.4, -0.2) is 47.6 Å². The van der Waals surface area contributed by atoms with Crippen LogP contribution < -0.4 is 20.7 Å². The van der Waals surface area contributed by atoms with Crippen molar-refractivity contribution in [3.05, 3.63) is 107 Å². The van der Waals surface area contributed by atoms with Crippen LogP contribution in [0.15, 0.2) is 94.8 Å². The molecule has 12 heteroatoms. The number of nitrogens with one attached hydrogen (secondary N) is 3. The number of amides is 3. The first-order valence-electron chi connectivity index (χ1n) is 14.5. The Kier molecular flexibility index (Phi) is 12.5. The van der Waals surface area contributed by atoms with Crippen molar-refractivity contribution in [3.63, 3.8) is 0 Å². The minimum Gasteiger partial charge on any atom is -0.497 e. The molecule has 238 valence electrons. The minimum absolute atomic E-state index is 0.0387. The van der Waals surface area contributed by atoms with Crippen LogP contribution in [0.5, 0.6) is 5.75 Å². The van der Waals surface area contributed by atoms with E-state index in [1.807, 2.05) is 13.0 Å². The summed E-state index contributed by atoms with van der Waals surface area (Å²) in [5.41, 5.74) is 2.12. The maximum atomic E-state index is 13.5. The van der Waals surface area contributed by atoms with Crippen LogP contribution in [0.25, 0.3) is 6.08 Å². The average Bonchev–Trinajstić information content (AvgIpc) is 3.50. The van der Waals surface area contributed by atoms with Gasteiger partial charge < -0.3 is 25.4 Å². The molecule has 3 amide bonds. The van der Waals surface area contributed by atoms with Crippen LogP contribution in [0, 0.1) is 0 Å². The second-order valence-corrected chi connectivity index (χ2v) is 11.9. The second-order valence-electron chi connectivity index (χ2n) is 9.77. The van der Waals surface area contributed by atoms with Crippen molar-refractivity contribution in [2.45, 2.75) is 36.8 Å². The van der Waals surface area contributed by atoms with Crippen LogP contribution >= 0.6 is 23.1 Å². The molecule has 0 spiro atoms. The second kappa shape index (κ2) is 16.9. The summed E-state index contributed by atoms with van der Waals surface area (Å²) in [7, 11) is 1.55. The molecule has 0 saturated carbocycles. The molecule has 0 aliphatic carbocycles. The number of carbonyl (C=O) groups is 4. The lowest BCUT2D eigenvalue weighted by molar-refractivity contribution is -0.142. The molecule has 0 bridgehead atoms. The Morgan fingerprint density at radius 3 is 2.48 bits per heavy atom. The summed E-state index contributed by atoms with van der Waals surface area (Å²) in [6, 6.07) is 22.9. The number of esters is 1. The number of anilines is 2. The zero-order valence-corrected chi connectivity index (χ0v) is 27.2. The molecule has 46 heavy (non-hydrogen) atoms. The Balaban J connectivity index is 1.46. The van der Waals surface area contributed by atoms with E-state index in [9.17, 15) is 19.2 Å². The Morgan fingerprint density at radius 2 is 1.74 bits per heavy atom. The molecular formula is C34H34N4O6S2. The average molecular weight is 659 g/mol. The number of aromatic nitrogens is 1. The van der Waals surface area contributed by atoms with Crippen molar-refractivity contribution in [2.24, 2.45) is 0 Å². The van der Waals surface area contributed by atoms with Gasteiger partial charge in [-0.05, 0) is 67.4 Å². The highest BCUT2D eigenvalue weighted by atomic mass is 32.2. The van der Waals surface area contributed by atoms with Crippen molar-refractivity contribution >= 4 is 63.7 Å². The Labute approximate surface area is 275 Å². The van der Waals surface area contributed by atoms with Gasteiger partial charge in [0.15, 0.2) is 5.13 Å². The number of thioether (sulfide) groups is 1. The normalized spacial score (nSPS) is 11.7. The van der Waals surface area contributed by atoms with Gasteiger partial charge in [-0.1, -0.05) is 43.3 Å². The smallest absolute Gasteiger partial charge is 0.311 e. The topological polar surface area (TPSA) is 136 Å². The highest BCUT2D eigenvalue weighted by Gasteiger charge is 2.21. The molecule has 10 nitrogen and oxygen atoms in total. The number of hydrogen-bond donors (Lipinski definition) is 3. The number of ether oxygens (including phenoxy) is 2. The summed E-state index contributed by atoms with van der Waals surface area (Å²) in [6.45, 7) is 3.93. The largest absolute Gasteiger partial charge is 0.497 e. The van der Waals surface area contributed by atoms with Gasteiger partial charge in [0.05, 0.1) is 31.1 Å². The number of methoxy groups -OCH3 is 1. The SMILES string of the molecule is CCOC(=O)Cc1csc(NC(=O)C(CC)Sc2cccc(NC(=O)/C(=C/c3cccc(OC)c3)NC(=O)c3ccccc3)c2)n1. The monoisotopic (exact) mass is 658 g/mol. The summed E-state index contributed by atoms with van der Waals surface area (Å²) in [5.74, 6) is -0.956. The van der Waals surface area contributed by atoms with Gasteiger partial charge in [-0.3, -0.25) is 19.2 Å². The van der Waals surface area contributed by atoms with Gasteiger partial charge in [-0.2, -0.15) is 0 Å². The molecule has 3 N–H and O–H groups in total. The number of benzene rings is 3. The van der Waals surface area contributed by atoms with Gasteiger partial charge in [0.2, 0.25) is 5.91 Å². The van der Waals surface area contributed by atoms with Gasteiger partial charge >= 0.3 is 5.97 Å². The minimum atomic E-state index is -0.526. The highest BCUT2D eigenvalue weighted by molar-refractivity contribution is 8.00. The molecule has 3 aromatic carbocycles. The molecule has 1 heterocycles. The third kappa shape index (κ3) is 10.0. The van der Waals surface area contributed by atoms with Crippen LogP contribution in [0.1, 0.15) is 41.9 Å². The van der Waals surface area contributed by atoms with E-state index in [-0.39, 0.29) is 24.0 Å². The zero-order valence-electron chi connectivity index (χ0n) is 25.6. The predicted molar refractivity (Wildman–Crippen MR) is 181 cm³/mol. The van der Waals surface area contributed by atoms with Gasteiger partial charge in [-0.15, -0.1) is 23.1 Å². The summed E-state index contributed by atoms with van der Waals surface area (Å²) in [6.07, 6.45) is 2.15. The van der Waals surface area contributed by atoms with Crippen molar-refractivity contribution < 1.29 is 28.7 Å². The Hall–Kier alpha value is -4.94. The first-order chi connectivity index (χ1) is 22.3. The molecule has 4 rings (SSSR count). The molecule has 1 unspecified atom stereocenters. The van der Waals surface area contributed by atoms with E-state index in [1.54, 1.807) is 98.3 Å². The Morgan fingerprint density at radius 1 is 0.957 bits per heavy atom. The standard InChI is InChI=1S/C34H34N4O6S2/c1-4-29(33(42)38-34-36-25(21-45-34)20-30(39)44-5-2)46-27-16-10-14-24(19-27)35-32(41)28(18-22-11-9-15-26(17-22)43-3)37-31(40)23-12-7-6-8-13-23/h6-19,21,29H,4-5,20H2,1-3H3,(H,35,41)(H,37,40)(H,36,38,42)/b28-18-. The van der Waals surface area contributed by atoms with Crippen LogP contribution in [-0.2, 0) is 25.5 Å². The molecular weight excluding hydrogens is 625 g/mol. The molecule has 4 aromatic rings. The fourth-order valence-corrected chi connectivity index (χ4v) is 5.89. The lowest BCUT2D eigenvalue weighted by Gasteiger charge is -2.15. The van der Waals surface area contributed by atoms with Gasteiger partial charge in [0.25, 0.3) is 11.8 Å². The summed E-state index contributed by atoms with van der Waals surface area (Å²) in [5, 5.41) is 10.1. The molecule has 0 fully saturated rings. The van der Waals surface area contributed by atoms with Crippen molar-refractivity contribution in [1.29, 1.82) is 0 Å². The van der Waals surface area contributed by atoms with E-state index in [0.29, 0.717) is 46.4 Å². The maximum absolute atomic E-state index is 13.5. The predicted octanol–water partition coefficient (Wildman–Crippen LogP) is 6.18. The van der Waals surface area contributed by atoms with Crippen molar-refractivity contribution in [2.75, 3.05) is 24.4 Å². The molecule has 0 radical (unpaired) electrons. The number of hydrogen-bond acceptors (Lipinski definition) is 9. The fourth-order valence-electron chi connectivity index (χ4n) is 4.16. The lowest BCUT2D eigenvalue weighted by atomic mass is 10.1. The van der Waals surface area contributed by atoms with Gasteiger partial charge in [0.1, 0.15) is 11.4 Å². The number of nitrogens with zero attached hydrogens (tertiary/aromatic N) is 1. The first kappa shape index (κ1) is 33.9. The summed E-state index contributed by atoms with van der Waals surface area (Å²) in [4.78, 5) is 56.4. The van der Waals surface area contributed by atoms with E-state index in [0.717, 1.165) is 4.90 Å². The summed E-state index contributed by atoms with van der Waals surface area (Å²) >= 11 is 2.58. The van der Waals surface area contributed by atoms with E-state index in [4.69, 9.17) is 9.47 Å². The number of rotatable bonds is 14. The van der Waals surface area contributed by atoms with E-state index >= 15 is 0 Å².